The fourth-order valence-corrected chi connectivity index (χ4v) is 4.96. The average Bonchev–Trinajstić information content (AvgIpc) is 3.37. The van der Waals surface area contributed by atoms with Crippen molar-refractivity contribution in [2.45, 2.75) is 43.6 Å². The van der Waals surface area contributed by atoms with Crippen LogP contribution < -0.4 is 10.0 Å². The van der Waals surface area contributed by atoms with Crippen molar-refractivity contribution >= 4 is 33.5 Å². The van der Waals surface area contributed by atoms with E-state index in [2.05, 4.69) is 15.3 Å². The predicted octanol–water partition coefficient (Wildman–Crippen LogP) is 2.96. The SMILES string of the molecule is CNS(=O)(=O)O[C@@H]1C[C@@H](Nc2ncncc2C(=O)c2cc(Cl)n(Cc3cccc(C(F)(F)F)c3)c2)[C@@H](F)[C@@H]1O. The molecule has 4 atom stereocenters. The highest BCUT2D eigenvalue weighted by atomic mass is 35.5. The van der Waals surface area contributed by atoms with Crippen LogP contribution in [0.15, 0.2) is 49.1 Å². The molecule has 10 nitrogen and oxygen atoms in total. The molecule has 1 aliphatic carbocycles. The second-order valence-electron chi connectivity index (χ2n) is 8.71. The number of nitrogens with zero attached hydrogens (tertiary/aromatic N) is 3. The number of ketones is 1. The maximum Gasteiger partial charge on any atom is 0.416 e. The molecule has 3 N–H and O–H groups in total. The van der Waals surface area contributed by atoms with Crippen molar-refractivity contribution in [3.05, 3.63) is 76.5 Å². The molecule has 0 radical (unpaired) electrons. The van der Waals surface area contributed by atoms with E-state index in [1.807, 2.05) is 4.72 Å². The maximum absolute atomic E-state index is 14.8. The van der Waals surface area contributed by atoms with E-state index in [1.54, 1.807) is 0 Å². The third-order valence-electron chi connectivity index (χ3n) is 6.07. The minimum Gasteiger partial charge on any atom is -0.387 e. The van der Waals surface area contributed by atoms with Gasteiger partial charge in [-0.1, -0.05) is 23.7 Å². The Morgan fingerprint density at radius 3 is 2.74 bits per heavy atom. The first kappa shape index (κ1) is 28.9. The molecule has 1 saturated carbocycles. The van der Waals surface area contributed by atoms with Crippen LogP contribution >= 0.6 is 11.6 Å². The lowest BCUT2D eigenvalue weighted by Crippen LogP contribution is -2.35. The zero-order valence-electron chi connectivity index (χ0n) is 20.1. The van der Waals surface area contributed by atoms with Crippen molar-refractivity contribution in [3.8, 4) is 0 Å². The lowest BCUT2D eigenvalue weighted by Gasteiger charge is -2.17. The Kier molecular flexibility index (Phi) is 8.28. The lowest BCUT2D eigenvalue weighted by atomic mass is 10.1. The van der Waals surface area contributed by atoms with E-state index in [0.29, 0.717) is 5.56 Å². The van der Waals surface area contributed by atoms with Gasteiger partial charge in [-0.15, -0.1) is 0 Å². The molecule has 1 aliphatic rings. The van der Waals surface area contributed by atoms with E-state index in [0.717, 1.165) is 25.5 Å². The molecule has 1 aromatic carbocycles. The molecule has 4 rings (SSSR count). The molecule has 2 heterocycles. The molecule has 0 bridgehead atoms. The Labute approximate surface area is 225 Å². The summed E-state index contributed by atoms with van der Waals surface area (Å²) in [5.74, 6) is -0.712. The molecule has 210 valence electrons. The van der Waals surface area contributed by atoms with E-state index in [-0.39, 0.29) is 35.1 Å². The largest absolute Gasteiger partial charge is 0.416 e. The highest BCUT2D eigenvalue weighted by Gasteiger charge is 2.46. The number of hydrogen-bond donors (Lipinski definition) is 3. The average molecular weight is 592 g/mol. The number of halogens is 5. The topological polar surface area (TPSA) is 135 Å². The summed E-state index contributed by atoms with van der Waals surface area (Å²) in [6.45, 7) is -0.0488. The Hall–Kier alpha value is -3.11. The molecule has 0 spiro atoms. The fourth-order valence-electron chi connectivity index (χ4n) is 4.12. The molecule has 39 heavy (non-hydrogen) atoms. The van der Waals surface area contributed by atoms with E-state index >= 15 is 0 Å². The van der Waals surface area contributed by atoms with Gasteiger partial charge in [0.25, 0.3) is 0 Å². The third-order valence-corrected chi connectivity index (χ3v) is 7.40. The number of rotatable bonds is 9. The zero-order chi connectivity index (χ0) is 28.5. The van der Waals surface area contributed by atoms with Gasteiger partial charge in [-0.3, -0.25) is 8.98 Å². The Balaban J connectivity index is 1.53. The van der Waals surface area contributed by atoms with Gasteiger partial charge in [0.15, 0.2) is 5.78 Å². The smallest absolute Gasteiger partial charge is 0.387 e. The summed E-state index contributed by atoms with van der Waals surface area (Å²) in [4.78, 5) is 21.1. The second-order valence-corrected chi connectivity index (χ2v) is 10.6. The molecule has 0 saturated heterocycles. The van der Waals surface area contributed by atoms with Crippen molar-refractivity contribution in [2.75, 3.05) is 12.4 Å². The van der Waals surface area contributed by atoms with Gasteiger partial charge in [0.05, 0.1) is 17.2 Å². The standard InChI is InChI=1S/C23H22ClF4N5O5S/c1-29-39(36,37)38-17-7-16(19(25)21(17)35)32-22-15(8-30-11-31-22)20(34)13-6-18(24)33(10-13)9-12-3-2-4-14(5-12)23(26,27)28/h2-6,8,10-11,16-17,19,21,29,35H,7,9H2,1H3,(H,30,31,32)/t16-,17-,19-,21-/m1/s1. The number of carbonyl (C=O) groups is 1. The number of benzene rings is 1. The minimum atomic E-state index is -4.52. The normalized spacial score (nSPS) is 21.7. The van der Waals surface area contributed by atoms with Gasteiger partial charge in [0, 0.05) is 38.0 Å². The number of anilines is 1. The van der Waals surface area contributed by atoms with Gasteiger partial charge in [-0.25, -0.2) is 14.4 Å². The van der Waals surface area contributed by atoms with Crippen LogP contribution in [0.5, 0.6) is 0 Å². The molecule has 0 amide bonds. The van der Waals surface area contributed by atoms with Crippen molar-refractivity contribution in [2.24, 2.45) is 0 Å². The maximum atomic E-state index is 14.8. The molecule has 2 aromatic heterocycles. The summed E-state index contributed by atoms with van der Waals surface area (Å²) >= 11 is 6.25. The number of carbonyl (C=O) groups excluding carboxylic acids is 1. The Morgan fingerprint density at radius 1 is 1.31 bits per heavy atom. The second kappa shape index (κ2) is 11.2. The van der Waals surface area contributed by atoms with Gasteiger partial charge < -0.3 is 15.0 Å². The van der Waals surface area contributed by atoms with Crippen LogP contribution in [-0.2, 0) is 27.2 Å². The van der Waals surface area contributed by atoms with Crippen molar-refractivity contribution < 1.29 is 40.1 Å². The van der Waals surface area contributed by atoms with Crippen LogP contribution in [0.3, 0.4) is 0 Å². The summed E-state index contributed by atoms with van der Waals surface area (Å²) < 4.78 is 85.4. The summed E-state index contributed by atoms with van der Waals surface area (Å²) in [5.41, 5.74) is -0.539. The first-order valence-electron chi connectivity index (χ1n) is 11.4. The summed E-state index contributed by atoms with van der Waals surface area (Å²) in [5, 5.41) is 12.9. The molecule has 16 heteroatoms. The van der Waals surface area contributed by atoms with Gasteiger partial charge in [-0.05, 0) is 23.8 Å². The quantitative estimate of drug-likeness (QED) is 0.255. The van der Waals surface area contributed by atoms with Crippen LogP contribution in [0, 0.1) is 0 Å². The molecule has 3 aromatic rings. The molecular formula is C23H22ClF4N5O5S. The predicted molar refractivity (Wildman–Crippen MR) is 131 cm³/mol. The number of aromatic nitrogens is 3. The molecule has 0 unspecified atom stereocenters. The highest BCUT2D eigenvalue weighted by Crippen LogP contribution is 2.32. The first-order valence-corrected chi connectivity index (χ1v) is 13.1. The summed E-state index contributed by atoms with van der Waals surface area (Å²) in [6.07, 6.45) is -6.27. The van der Waals surface area contributed by atoms with E-state index in [1.165, 1.54) is 35.2 Å². The van der Waals surface area contributed by atoms with E-state index in [9.17, 15) is 35.9 Å². The van der Waals surface area contributed by atoms with Crippen LogP contribution in [0.1, 0.15) is 33.5 Å². The van der Waals surface area contributed by atoms with Crippen LogP contribution in [-0.4, -0.2) is 65.3 Å². The zero-order valence-corrected chi connectivity index (χ0v) is 21.6. The lowest BCUT2D eigenvalue weighted by molar-refractivity contribution is -0.137. The van der Waals surface area contributed by atoms with Crippen LogP contribution in [0.4, 0.5) is 23.4 Å². The van der Waals surface area contributed by atoms with Crippen LogP contribution in [0.25, 0.3) is 0 Å². The third kappa shape index (κ3) is 6.55. The number of nitrogens with one attached hydrogen (secondary N) is 2. The van der Waals surface area contributed by atoms with E-state index < -0.39 is 52.2 Å². The summed E-state index contributed by atoms with van der Waals surface area (Å²) in [6, 6.07) is 4.84. The van der Waals surface area contributed by atoms with Crippen molar-refractivity contribution in [1.82, 2.24) is 19.3 Å². The van der Waals surface area contributed by atoms with Gasteiger partial charge in [0.1, 0.15) is 35.7 Å². The molecule has 0 aliphatic heterocycles. The number of hydrogen-bond acceptors (Lipinski definition) is 8. The monoisotopic (exact) mass is 591 g/mol. The minimum absolute atomic E-state index is 0.0488. The highest BCUT2D eigenvalue weighted by molar-refractivity contribution is 7.84. The Bertz CT molecular complexity index is 1470. The van der Waals surface area contributed by atoms with Gasteiger partial charge >= 0.3 is 16.5 Å². The number of aliphatic hydroxyl groups excluding tert-OH is 1. The van der Waals surface area contributed by atoms with Gasteiger partial charge in [-0.2, -0.15) is 26.3 Å². The number of aliphatic hydroxyl groups is 1. The Morgan fingerprint density at radius 2 is 2.05 bits per heavy atom. The molecular weight excluding hydrogens is 570 g/mol. The number of alkyl halides is 4. The van der Waals surface area contributed by atoms with Crippen molar-refractivity contribution in [1.29, 1.82) is 0 Å². The molecule has 1 fully saturated rings. The van der Waals surface area contributed by atoms with Gasteiger partial charge in [0.2, 0.25) is 0 Å². The summed E-state index contributed by atoms with van der Waals surface area (Å²) in [7, 11) is -3.11. The van der Waals surface area contributed by atoms with Crippen LogP contribution in [0.2, 0.25) is 5.15 Å². The fraction of sp³-hybridized carbons (Fsp3) is 0.348. The first-order chi connectivity index (χ1) is 18.3. The van der Waals surface area contributed by atoms with E-state index in [4.69, 9.17) is 15.8 Å². The van der Waals surface area contributed by atoms with Crippen molar-refractivity contribution in [3.63, 3.8) is 0 Å².